The highest BCUT2D eigenvalue weighted by Gasteiger charge is 2.33. The molecule has 19 heavy (non-hydrogen) atoms. The van der Waals surface area contributed by atoms with E-state index in [4.69, 9.17) is 9.90 Å². The predicted molar refractivity (Wildman–Crippen MR) is 70.7 cm³/mol. The largest absolute Gasteiger partial charge is 0.481 e. The van der Waals surface area contributed by atoms with Gasteiger partial charge in [0.1, 0.15) is 0 Å². The van der Waals surface area contributed by atoms with E-state index in [9.17, 15) is 16.8 Å². The van der Waals surface area contributed by atoms with Gasteiger partial charge in [-0.05, 0) is 6.92 Å². The Morgan fingerprint density at radius 3 is 1.79 bits per heavy atom. The molecular weight excluding hydrogens is 296 g/mol. The maximum Gasteiger partial charge on any atom is 0.300 e. The first-order chi connectivity index (χ1) is 8.35. The Morgan fingerprint density at radius 1 is 1.11 bits per heavy atom. The minimum Gasteiger partial charge on any atom is -0.481 e. The van der Waals surface area contributed by atoms with E-state index in [-0.39, 0.29) is 25.7 Å². The molecule has 0 aromatic carbocycles. The van der Waals surface area contributed by atoms with Crippen LogP contribution in [0.1, 0.15) is 13.8 Å². The third-order valence-electron chi connectivity index (χ3n) is 2.42. The van der Waals surface area contributed by atoms with Gasteiger partial charge in [-0.25, -0.2) is 16.8 Å². The minimum absolute atomic E-state index is 0.228. The van der Waals surface area contributed by atoms with Crippen LogP contribution >= 0.6 is 0 Å². The highest BCUT2D eigenvalue weighted by Crippen LogP contribution is 2.14. The lowest BCUT2D eigenvalue weighted by Gasteiger charge is -2.36. The molecule has 1 saturated heterocycles. The topological polar surface area (TPSA) is 112 Å². The number of piperazine rings is 1. The van der Waals surface area contributed by atoms with Crippen molar-refractivity contribution >= 4 is 26.0 Å². The van der Waals surface area contributed by atoms with E-state index in [0.717, 1.165) is 19.4 Å². The van der Waals surface area contributed by atoms with Crippen LogP contribution in [0.3, 0.4) is 0 Å². The van der Waals surface area contributed by atoms with Crippen molar-refractivity contribution < 1.29 is 26.7 Å². The maximum absolute atomic E-state index is 11.3. The maximum atomic E-state index is 11.3. The van der Waals surface area contributed by atoms with Gasteiger partial charge in [-0.15, -0.1) is 0 Å². The number of hydrogen-bond donors (Lipinski definition) is 1. The minimum atomic E-state index is -3.23. The molecule has 1 aliphatic heterocycles. The van der Waals surface area contributed by atoms with Gasteiger partial charge in [0.2, 0.25) is 20.0 Å². The highest BCUT2D eigenvalue weighted by molar-refractivity contribution is 7.88. The Hall–Kier alpha value is -0.710. The van der Waals surface area contributed by atoms with Gasteiger partial charge in [-0.2, -0.15) is 8.61 Å². The molecule has 0 radical (unpaired) electrons. The number of rotatable bonds is 2. The average Bonchev–Trinajstić information content (AvgIpc) is 2.12. The molecule has 0 amide bonds. The number of nitrogens with zero attached hydrogens (tertiary/aromatic N) is 2. The quantitative estimate of drug-likeness (QED) is 0.699. The van der Waals surface area contributed by atoms with Gasteiger partial charge in [0.25, 0.3) is 5.97 Å². The highest BCUT2D eigenvalue weighted by atomic mass is 32.2. The fourth-order valence-electron chi connectivity index (χ4n) is 1.70. The van der Waals surface area contributed by atoms with Crippen molar-refractivity contribution in [1.29, 1.82) is 0 Å². The SMILES string of the molecule is CC(=O)O.CC1CN(S(C)(=O)=O)CCN1S(C)(=O)=O. The second-order valence-electron chi connectivity index (χ2n) is 4.36. The van der Waals surface area contributed by atoms with Crippen LogP contribution < -0.4 is 0 Å². The Labute approximate surface area is 114 Å². The van der Waals surface area contributed by atoms with E-state index in [1.54, 1.807) is 6.92 Å². The van der Waals surface area contributed by atoms with Crippen LogP contribution in [0.4, 0.5) is 0 Å². The summed E-state index contributed by atoms with van der Waals surface area (Å²) >= 11 is 0. The van der Waals surface area contributed by atoms with Crippen LogP contribution in [-0.4, -0.2) is 74.7 Å². The van der Waals surface area contributed by atoms with Crippen LogP contribution in [0.15, 0.2) is 0 Å². The molecule has 0 spiro atoms. The fraction of sp³-hybridized carbons (Fsp3) is 0.889. The second kappa shape index (κ2) is 6.64. The van der Waals surface area contributed by atoms with Gasteiger partial charge < -0.3 is 5.11 Å². The summed E-state index contributed by atoms with van der Waals surface area (Å²) in [5.41, 5.74) is 0. The Kier molecular flexibility index (Phi) is 6.39. The zero-order valence-electron chi connectivity index (χ0n) is 11.4. The van der Waals surface area contributed by atoms with E-state index in [2.05, 4.69) is 0 Å². The third kappa shape index (κ3) is 6.85. The number of hydrogen-bond acceptors (Lipinski definition) is 5. The standard InChI is InChI=1S/C7H16N2O4S2.C2H4O2/c1-7-6-8(14(2,10)11)4-5-9(7)15(3,12)13;1-2(3)4/h7H,4-6H2,1-3H3;1H3,(H,3,4). The summed E-state index contributed by atoms with van der Waals surface area (Å²) in [5, 5.41) is 7.42. The lowest BCUT2D eigenvalue weighted by molar-refractivity contribution is -0.134. The van der Waals surface area contributed by atoms with Crippen LogP contribution in [0.5, 0.6) is 0 Å². The number of sulfonamides is 2. The van der Waals surface area contributed by atoms with Crippen molar-refractivity contribution in [3.05, 3.63) is 0 Å². The van der Waals surface area contributed by atoms with Crippen molar-refractivity contribution in [2.45, 2.75) is 19.9 Å². The molecule has 1 aliphatic rings. The summed E-state index contributed by atoms with van der Waals surface area (Å²) in [6.45, 7) is 3.48. The number of aliphatic carboxylic acids is 1. The number of carbonyl (C=O) groups is 1. The summed E-state index contributed by atoms with van der Waals surface area (Å²) in [4.78, 5) is 9.00. The first-order valence-electron chi connectivity index (χ1n) is 5.47. The number of carboxylic acids is 1. The first kappa shape index (κ1) is 18.3. The lowest BCUT2D eigenvalue weighted by Crippen LogP contribution is -2.54. The summed E-state index contributed by atoms with van der Waals surface area (Å²) in [5.74, 6) is -0.833. The van der Waals surface area contributed by atoms with Gasteiger partial charge >= 0.3 is 0 Å². The molecule has 0 aromatic rings. The van der Waals surface area contributed by atoms with Gasteiger partial charge in [0.15, 0.2) is 0 Å². The molecule has 10 heteroatoms. The molecule has 1 heterocycles. The molecule has 1 fully saturated rings. The van der Waals surface area contributed by atoms with Crippen molar-refractivity contribution in [2.24, 2.45) is 0 Å². The van der Waals surface area contributed by atoms with Crippen molar-refractivity contribution in [2.75, 3.05) is 32.1 Å². The van der Waals surface area contributed by atoms with Gasteiger partial charge in [0, 0.05) is 32.6 Å². The van der Waals surface area contributed by atoms with Gasteiger partial charge in [0.05, 0.1) is 12.5 Å². The molecule has 114 valence electrons. The molecule has 1 atom stereocenters. The zero-order chi connectivity index (χ0) is 15.4. The summed E-state index contributed by atoms with van der Waals surface area (Å²) < 4.78 is 47.7. The molecule has 1 N–H and O–H groups in total. The van der Waals surface area contributed by atoms with Crippen molar-refractivity contribution in [1.82, 2.24) is 8.61 Å². The molecule has 8 nitrogen and oxygen atoms in total. The molecule has 0 aromatic heterocycles. The predicted octanol–water partition coefficient (Wildman–Crippen LogP) is -0.997. The lowest BCUT2D eigenvalue weighted by atomic mass is 10.3. The zero-order valence-corrected chi connectivity index (χ0v) is 13.0. The Balaban J connectivity index is 0.000000711. The number of carboxylic acid groups (broad SMARTS) is 1. The van der Waals surface area contributed by atoms with Crippen LogP contribution in [0, 0.1) is 0 Å². The second-order valence-corrected chi connectivity index (χ2v) is 8.28. The van der Waals surface area contributed by atoms with E-state index >= 15 is 0 Å². The van der Waals surface area contributed by atoms with E-state index in [0.29, 0.717) is 0 Å². The third-order valence-corrected chi connectivity index (χ3v) is 5.09. The monoisotopic (exact) mass is 316 g/mol. The van der Waals surface area contributed by atoms with Crippen molar-refractivity contribution in [3.63, 3.8) is 0 Å². The Bertz CT molecular complexity index is 509. The smallest absolute Gasteiger partial charge is 0.300 e. The molecule has 1 rings (SSSR count). The van der Waals surface area contributed by atoms with E-state index in [1.807, 2.05) is 0 Å². The first-order valence-corrected chi connectivity index (χ1v) is 9.17. The Morgan fingerprint density at radius 2 is 1.53 bits per heavy atom. The van der Waals surface area contributed by atoms with E-state index < -0.39 is 26.0 Å². The van der Waals surface area contributed by atoms with E-state index in [1.165, 1.54) is 8.61 Å². The average molecular weight is 316 g/mol. The summed E-state index contributed by atoms with van der Waals surface area (Å²) in [6.07, 6.45) is 2.27. The summed E-state index contributed by atoms with van der Waals surface area (Å²) in [7, 11) is -6.45. The molecule has 1 unspecified atom stereocenters. The molecule has 0 aliphatic carbocycles. The fourth-order valence-corrected chi connectivity index (χ4v) is 3.73. The molecular formula is C9H20N2O6S2. The molecule has 0 bridgehead atoms. The summed E-state index contributed by atoms with van der Waals surface area (Å²) in [6, 6.07) is -0.302. The normalized spacial score (nSPS) is 22.4. The van der Waals surface area contributed by atoms with Crippen LogP contribution in [0.25, 0.3) is 0 Å². The van der Waals surface area contributed by atoms with Crippen LogP contribution in [-0.2, 0) is 24.8 Å². The van der Waals surface area contributed by atoms with Crippen LogP contribution in [0.2, 0.25) is 0 Å². The van der Waals surface area contributed by atoms with Gasteiger partial charge in [-0.1, -0.05) is 0 Å². The van der Waals surface area contributed by atoms with Gasteiger partial charge in [-0.3, -0.25) is 4.79 Å². The molecule has 0 saturated carbocycles. The van der Waals surface area contributed by atoms with Crippen molar-refractivity contribution in [3.8, 4) is 0 Å².